The van der Waals surface area contributed by atoms with Crippen molar-refractivity contribution in [3.05, 3.63) is 0 Å². The van der Waals surface area contributed by atoms with E-state index in [4.69, 9.17) is 20.9 Å². The van der Waals surface area contributed by atoms with Crippen LogP contribution in [-0.2, 0) is 13.1 Å². The molecule has 5 heteroatoms. The molecule has 0 heterocycles. The van der Waals surface area contributed by atoms with Crippen LogP contribution in [0.4, 0.5) is 0 Å². The lowest BCUT2D eigenvalue weighted by Gasteiger charge is -2.38. The molecule has 0 aliphatic carbocycles. The minimum absolute atomic E-state index is 0.123. The lowest BCUT2D eigenvalue weighted by Crippen LogP contribution is -2.21. The predicted molar refractivity (Wildman–Crippen MR) is 123 cm³/mol. The van der Waals surface area contributed by atoms with Gasteiger partial charge < -0.3 is 4.74 Å². The normalized spacial score (nSPS) is 13.8. The highest BCUT2D eigenvalue weighted by molar-refractivity contribution is 8.24. The summed E-state index contributed by atoms with van der Waals surface area (Å²) in [5, 5.41) is 0. The van der Waals surface area contributed by atoms with E-state index in [1.807, 2.05) is 0 Å². The van der Waals surface area contributed by atoms with E-state index in [0.717, 1.165) is 51.6 Å². The number of hydrogen-bond acceptors (Lipinski definition) is 3. The highest BCUT2D eigenvalue weighted by atomic mass is 32.3. The second-order valence-corrected chi connectivity index (χ2v) is 10.5. The van der Waals surface area contributed by atoms with Crippen molar-refractivity contribution in [2.24, 2.45) is 0 Å². The van der Waals surface area contributed by atoms with E-state index in [2.05, 4.69) is 26.4 Å². The minimum atomic E-state index is -1.51. The molecule has 0 rings (SSSR count). The van der Waals surface area contributed by atoms with Crippen LogP contribution in [-0.4, -0.2) is 39.9 Å². The van der Waals surface area contributed by atoms with Crippen LogP contribution in [0.1, 0.15) is 104 Å². The molecule has 0 saturated heterocycles. The third-order valence-electron chi connectivity index (χ3n) is 4.63. The monoisotopic (exact) mass is 402 g/mol. The van der Waals surface area contributed by atoms with E-state index in [0.29, 0.717) is 0 Å². The second kappa shape index (κ2) is 19.6. The van der Waals surface area contributed by atoms with Crippen molar-refractivity contribution < 1.29 is 13.1 Å². The van der Waals surface area contributed by atoms with Crippen molar-refractivity contribution in [3.8, 4) is 0 Å². The maximum atomic E-state index is 6.20. The first-order chi connectivity index (χ1) is 13.1. The first-order valence-corrected chi connectivity index (χ1v) is 13.7. The van der Waals surface area contributed by atoms with E-state index >= 15 is 0 Å². The lowest BCUT2D eigenvalue weighted by atomic mass is 9.99. The van der Waals surface area contributed by atoms with Gasteiger partial charge in [-0.05, 0) is 12.8 Å². The summed E-state index contributed by atoms with van der Waals surface area (Å²) in [5.74, 6) is 0. The molecular weight excluding hydrogens is 355 g/mol. The van der Waals surface area contributed by atoms with Crippen LogP contribution >= 0.6 is 10.6 Å². The van der Waals surface area contributed by atoms with Gasteiger partial charge >= 0.3 is 0 Å². The van der Waals surface area contributed by atoms with Crippen LogP contribution in [0.15, 0.2) is 0 Å². The fourth-order valence-electron chi connectivity index (χ4n) is 2.99. The Morgan fingerprint density at radius 3 is 1.85 bits per heavy atom. The van der Waals surface area contributed by atoms with Gasteiger partial charge in [0.2, 0.25) is 0 Å². The molecule has 0 amide bonds. The first kappa shape index (κ1) is 27.3. The number of hydrogen-bond donors (Lipinski definition) is 0. The van der Waals surface area contributed by atoms with Crippen LogP contribution in [0.2, 0.25) is 6.32 Å². The summed E-state index contributed by atoms with van der Waals surface area (Å²) in [5.41, 5.74) is 0. The molecule has 0 saturated carbocycles. The molecule has 1 atom stereocenters. The van der Waals surface area contributed by atoms with Gasteiger partial charge in [-0.2, -0.15) is 10.6 Å². The molecule has 3 nitrogen and oxygen atoms in total. The van der Waals surface area contributed by atoms with E-state index in [-0.39, 0.29) is 6.29 Å². The number of unbranched alkanes of at least 4 members (excludes halogenated alkanes) is 10. The highest BCUT2D eigenvalue weighted by Gasteiger charge is 2.17. The van der Waals surface area contributed by atoms with Crippen LogP contribution in [0.3, 0.4) is 0 Å². The van der Waals surface area contributed by atoms with Gasteiger partial charge in [-0.3, -0.25) is 8.37 Å². The number of rotatable bonds is 21. The van der Waals surface area contributed by atoms with Gasteiger partial charge in [-0.25, -0.2) is 0 Å². The fourth-order valence-corrected chi connectivity index (χ4v) is 4.23. The highest BCUT2D eigenvalue weighted by Crippen LogP contribution is 2.44. The Bertz CT molecular complexity index is 303. The minimum Gasteiger partial charge on any atom is -0.351 e. The molecule has 0 spiro atoms. The summed E-state index contributed by atoms with van der Waals surface area (Å²) in [4.78, 5) is 0. The molecule has 0 aliphatic rings. The van der Waals surface area contributed by atoms with Crippen LogP contribution in [0.5, 0.6) is 0 Å². The van der Waals surface area contributed by atoms with E-state index in [9.17, 15) is 0 Å². The largest absolute Gasteiger partial charge is 0.351 e. The zero-order valence-corrected chi connectivity index (χ0v) is 19.6. The topological polar surface area (TPSA) is 27.7 Å². The molecule has 0 aromatic carbocycles. The third kappa shape index (κ3) is 19.4. The Morgan fingerprint density at radius 2 is 1.26 bits per heavy atom. The maximum absolute atomic E-state index is 6.20. The maximum Gasteiger partial charge on any atom is 0.180 e. The zero-order chi connectivity index (χ0) is 20.2. The summed E-state index contributed by atoms with van der Waals surface area (Å²) in [6.07, 6.45) is 22.0. The van der Waals surface area contributed by atoms with Crippen molar-refractivity contribution >= 4 is 18.4 Å². The van der Waals surface area contributed by atoms with Gasteiger partial charge in [0.05, 0.1) is 14.5 Å². The van der Waals surface area contributed by atoms with E-state index in [1.54, 1.807) is 0 Å². The zero-order valence-electron chi connectivity index (χ0n) is 18.8. The molecule has 27 heavy (non-hydrogen) atoms. The Morgan fingerprint density at radius 1 is 0.704 bits per heavy atom. The smallest absolute Gasteiger partial charge is 0.180 e. The standard InChI is InChI=1S/C22H47BO3S/c1-5-7-8-9-10-11-13-16-20-24-22(18-6-2)26-27(3,4)25-21-17-14-12-15-19-23/h22H,5-21H2,1-4H3. The molecule has 0 aliphatic heterocycles. The average molecular weight is 402 g/mol. The molecule has 0 aromatic heterocycles. The fraction of sp³-hybridized carbons (Fsp3) is 1.00. The molecule has 0 fully saturated rings. The number of ether oxygens (including phenoxy) is 1. The van der Waals surface area contributed by atoms with Crippen molar-refractivity contribution in [2.45, 2.75) is 116 Å². The van der Waals surface area contributed by atoms with Crippen molar-refractivity contribution in [2.75, 3.05) is 25.7 Å². The molecule has 2 radical (unpaired) electrons. The van der Waals surface area contributed by atoms with Gasteiger partial charge in [0.1, 0.15) is 0 Å². The van der Waals surface area contributed by atoms with Crippen LogP contribution in [0, 0.1) is 0 Å². The first-order valence-electron chi connectivity index (χ1n) is 11.4. The SMILES string of the molecule is [B]CCCCCCOS(C)(C)OC(CCC)OCCCCCCCCCC. The van der Waals surface area contributed by atoms with Crippen molar-refractivity contribution in [1.29, 1.82) is 0 Å². The van der Waals surface area contributed by atoms with Gasteiger partial charge in [0.25, 0.3) is 0 Å². The van der Waals surface area contributed by atoms with E-state index in [1.165, 1.54) is 57.8 Å². The van der Waals surface area contributed by atoms with Crippen molar-refractivity contribution in [3.63, 3.8) is 0 Å². The molecule has 1 unspecified atom stereocenters. The summed E-state index contributed by atoms with van der Waals surface area (Å²) >= 11 is 0. The van der Waals surface area contributed by atoms with Crippen molar-refractivity contribution in [1.82, 2.24) is 0 Å². The molecule has 0 bridgehead atoms. The van der Waals surface area contributed by atoms with Crippen LogP contribution in [0.25, 0.3) is 0 Å². The molecule has 0 N–H and O–H groups in total. The molecular formula is C22H47BO3S. The van der Waals surface area contributed by atoms with Gasteiger partial charge in [0, 0.05) is 25.5 Å². The quantitative estimate of drug-likeness (QED) is 0.114. The summed E-state index contributed by atoms with van der Waals surface area (Å²) < 4.78 is 18.3. The Hall–Kier alpha value is 0.295. The Kier molecular flexibility index (Phi) is 19.8. The summed E-state index contributed by atoms with van der Waals surface area (Å²) in [6.45, 7) is 6.01. The molecule has 0 aromatic rings. The summed E-state index contributed by atoms with van der Waals surface area (Å²) in [6, 6.07) is 0. The Labute approximate surface area is 173 Å². The third-order valence-corrected chi connectivity index (χ3v) is 6.04. The van der Waals surface area contributed by atoms with Gasteiger partial charge in [-0.15, -0.1) is 0 Å². The molecule has 162 valence electrons. The van der Waals surface area contributed by atoms with E-state index < -0.39 is 10.6 Å². The average Bonchev–Trinajstić information content (AvgIpc) is 2.63. The van der Waals surface area contributed by atoms with Gasteiger partial charge in [-0.1, -0.05) is 90.8 Å². The predicted octanol–water partition coefficient (Wildman–Crippen LogP) is 7.34. The Balaban J connectivity index is 3.82. The second-order valence-electron chi connectivity index (χ2n) is 7.83. The summed E-state index contributed by atoms with van der Waals surface area (Å²) in [7, 11) is 4.02. The van der Waals surface area contributed by atoms with Crippen LogP contribution < -0.4 is 0 Å². The lowest BCUT2D eigenvalue weighted by molar-refractivity contribution is -0.0834. The van der Waals surface area contributed by atoms with Gasteiger partial charge in [0.15, 0.2) is 6.29 Å².